The predicted molar refractivity (Wildman–Crippen MR) is 69.2 cm³/mol. The van der Waals surface area contributed by atoms with Crippen molar-refractivity contribution in [3.63, 3.8) is 0 Å². The second kappa shape index (κ2) is 4.78. The lowest BCUT2D eigenvalue weighted by molar-refractivity contribution is 0.503. The van der Waals surface area contributed by atoms with Gasteiger partial charge in [0.25, 0.3) is 0 Å². The number of anilines is 1. The largest absolute Gasteiger partial charge is 0.472 e. The molecule has 0 spiro atoms. The fourth-order valence-electron chi connectivity index (χ4n) is 2.31. The first-order valence-corrected chi connectivity index (χ1v) is 6.18. The Labute approximate surface area is 106 Å². The van der Waals surface area contributed by atoms with Crippen molar-refractivity contribution < 1.29 is 4.42 Å². The van der Waals surface area contributed by atoms with Crippen LogP contribution in [0, 0.1) is 0 Å². The van der Waals surface area contributed by atoms with Crippen LogP contribution in [0.4, 0.5) is 5.82 Å². The summed E-state index contributed by atoms with van der Waals surface area (Å²) in [6, 6.07) is 4.13. The maximum absolute atomic E-state index is 6.00. The van der Waals surface area contributed by atoms with Gasteiger partial charge in [-0.2, -0.15) is 0 Å². The van der Waals surface area contributed by atoms with Crippen LogP contribution >= 0.6 is 0 Å². The number of hydrogen-bond donors (Lipinski definition) is 1. The lowest BCUT2D eigenvalue weighted by Crippen LogP contribution is -2.43. The number of hydrogen-bond acceptors (Lipinski definition) is 5. The van der Waals surface area contributed by atoms with E-state index in [0.29, 0.717) is 0 Å². The minimum absolute atomic E-state index is 0.242. The van der Waals surface area contributed by atoms with Crippen molar-refractivity contribution in [2.45, 2.75) is 18.9 Å². The molecule has 0 radical (unpaired) electrons. The van der Waals surface area contributed by atoms with Gasteiger partial charge in [0.15, 0.2) is 0 Å². The lowest BCUT2D eigenvalue weighted by atomic mass is 10.1. The van der Waals surface area contributed by atoms with Crippen LogP contribution in [0.1, 0.15) is 12.8 Å². The number of rotatable bonds is 2. The fourth-order valence-corrected chi connectivity index (χ4v) is 2.31. The summed E-state index contributed by atoms with van der Waals surface area (Å²) in [6.07, 6.45) is 7.14. The van der Waals surface area contributed by atoms with Gasteiger partial charge in [0.2, 0.25) is 0 Å². The standard InChI is InChI=1S/C13H16N4O/c14-11-2-1-4-17(7-11)13-6-12(15-9-16-13)10-3-5-18-8-10/h3,5-6,8-9,11H,1-2,4,7,14H2. The Morgan fingerprint density at radius 3 is 3.11 bits per heavy atom. The third-order valence-electron chi connectivity index (χ3n) is 3.25. The molecule has 1 unspecified atom stereocenters. The average molecular weight is 244 g/mol. The first-order chi connectivity index (χ1) is 8.83. The third-order valence-corrected chi connectivity index (χ3v) is 3.25. The molecule has 2 N–H and O–H groups in total. The fraction of sp³-hybridized carbons (Fsp3) is 0.385. The predicted octanol–water partition coefficient (Wildman–Crippen LogP) is 1.66. The van der Waals surface area contributed by atoms with E-state index in [1.807, 2.05) is 12.1 Å². The highest BCUT2D eigenvalue weighted by Crippen LogP contribution is 2.22. The van der Waals surface area contributed by atoms with Gasteiger partial charge in [0.05, 0.1) is 18.2 Å². The molecule has 1 fully saturated rings. The van der Waals surface area contributed by atoms with Gasteiger partial charge in [0, 0.05) is 30.8 Å². The molecule has 2 aromatic rings. The summed E-state index contributed by atoms with van der Waals surface area (Å²) in [5.41, 5.74) is 7.85. The molecule has 3 heterocycles. The van der Waals surface area contributed by atoms with Crippen LogP contribution in [0.15, 0.2) is 35.4 Å². The Hall–Kier alpha value is -1.88. The van der Waals surface area contributed by atoms with Crippen molar-refractivity contribution >= 4 is 5.82 Å². The zero-order valence-corrected chi connectivity index (χ0v) is 10.1. The molecule has 1 aliphatic rings. The molecule has 0 aromatic carbocycles. The summed E-state index contributed by atoms with van der Waals surface area (Å²) in [4.78, 5) is 10.8. The Kier molecular flexibility index (Phi) is 2.98. The van der Waals surface area contributed by atoms with Crippen LogP contribution in [0.3, 0.4) is 0 Å². The summed E-state index contributed by atoms with van der Waals surface area (Å²) in [6.45, 7) is 1.87. The molecule has 3 rings (SSSR count). The molecule has 5 heteroatoms. The van der Waals surface area contributed by atoms with E-state index in [2.05, 4.69) is 14.9 Å². The van der Waals surface area contributed by atoms with Gasteiger partial charge in [-0.25, -0.2) is 9.97 Å². The van der Waals surface area contributed by atoms with E-state index in [-0.39, 0.29) is 6.04 Å². The van der Waals surface area contributed by atoms with Gasteiger partial charge in [-0.1, -0.05) is 0 Å². The van der Waals surface area contributed by atoms with Crippen LogP contribution in [0.25, 0.3) is 11.3 Å². The van der Waals surface area contributed by atoms with Crippen molar-refractivity contribution in [2.24, 2.45) is 5.73 Å². The molecule has 5 nitrogen and oxygen atoms in total. The SMILES string of the molecule is NC1CCCN(c2cc(-c3ccoc3)ncn2)C1. The average Bonchev–Trinajstić information content (AvgIpc) is 2.93. The minimum atomic E-state index is 0.242. The van der Waals surface area contributed by atoms with Gasteiger partial charge in [-0.15, -0.1) is 0 Å². The van der Waals surface area contributed by atoms with E-state index < -0.39 is 0 Å². The number of furan rings is 1. The van der Waals surface area contributed by atoms with Crippen molar-refractivity contribution in [2.75, 3.05) is 18.0 Å². The Morgan fingerprint density at radius 1 is 1.39 bits per heavy atom. The first-order valence-electron chi connectivity index (χ1n) is 6.18. The molecule has 18 heavy (non-hydrogen) atoms. The van der Waals surface area contributed by atoms with Crippen LogP contribution in [0.5, 0.6) is 0 Å². The van der Waals surface area contributed by atoms with Gasteiger partial charge in [0.1, 0.15) is 12.1 Å². The van der Waals surface area contributed by atoms with E-state index in [1.165, 1.54) is 0 Å². The highest BCUT2D eigenvalue weighted by molar-refractivity contribution is 5.61. The topological polar surface area (TPSA) is 68.2 Å². The maximum Gasteiger partial charge on any atom is 0.132 e. The number of nitrogens with zero attached hydrogens (tertiary/aromatic N) is 3. The van der Waals surface area contributed by atoms with E-state index in [1.54, 1.807) is 18.9 Å². The molecule has 0 aliphatic carbocycles. The lowest BCUT2D eigenvalue weighted by Gasteiger charge is -2.31. The summed E-state index contributed by atoms with van der Waals surface area (Å²) in [5, 5.41) is 0. The molecular formula is C13H16N4O. The Bertz CT molecular complexity index is 511. The molecule has 94 valence electrons. The highest BCUT2D eigenvalue weighted by atomic mass is 16.3. The second-order valence-electron chi connectivity index (χ2n) is 4.62. The van der Waals surface area contributed by atoms with Crippen molar-refractivity contribution in [1.29, 1.82) is 0 Å². The third kappa shape index (κ3) is 2.22. The van der Waals surface area contributed by atoms with Crippen LogP contribution in [-0.2, 0) is 0 Å². The summed E-state index contributed by atoms with van der Waals surface area (Å²) in [5.74, 6) is 0.941. The van der Waals surface area contributed by atoms with E-state index in [9.17, 15) is 0 Å². The monoisotopic (exact) mass is 244 g/mol. The quantitative estimate of drug-likeness (QED) is 0.870. The van der Waals surface area contributed by atoms with E-state index >= 15 is 0 Å². The molecule has 1 aliphatic heterocycles. The molecule has 1 saturated heterocycles. The zero-order valence-electron chi connectivity index (χ0n) is 10.1. The molecule has 0 bridgehead atoms. The first kappa shape index (κ1) is 11.2. The van der Waals surface area contributed by atoms with Crippen LogP contribution in [0.2, 0.25) is 0 Å². The molecule has 0 amide bonds. The molecule has 2 aromatic heterocycles. The maximum atomic E-state index is 6.00. The van der Waals surface area contributed by atoms with Gasteiger partial charge in [-0.05, 0) is 18.9 Å². The van der Waals surface area contributed by atoms with Gasteiger partial charge >= 0.3 is 0 Å². The number of piperidine rings is 1. The normalized spacial score (nSPS) is 20.1. The van der Waals surface area contributed by atoms with Gasteiger partial charge in [-0.3, -0.25) is 0 Å². The number of nitrogens with two attached hydrogens (primary N) is 1. The van der Waals surface area contributed by atoms with E-state index in [4.69, 9.17) is 10.2 Å². The number of aromatic nitrogens is 2. The van der Waals surface area contributed by atoms with Crippen molar-refractivity contribution in [1.82, 2.24) is 9.97 Å². The van der Waals surface area contributed by atoms with Crippen LogP contribution in [-0.4, -0.2) is 29.1 Å². The molecule has 0 saturated carbocycles. The minimum Gasteiger partial charge on any atom is -0.472 e. The second-order valence-corrected chi connectivity index (χ2v) is 4.62. The Balaban J connectivity index is 1.86. The summed E-state index contributed by atoms with van der Waals surface area (Å²) in [7, 11) is 0. The summed E-state index contributed by atoms with van der Waals surface area (Å²) >= 11 is 0. The van der Waals surface area contributed by atoms with E-state index in [0.717, 1.165) is 43.0 Å². The smallest absolute Gasteiger partial charge is 0.132 e. The van der Waals surface area contributed by atoms with Gasteiger partial charge < -0.3 is 15.1 Å². The van der Waals surface area contributed by atoms with Crippen LogP contribution < -0.4 is 10.6 Å². The van der Waals surface area contributed by atoms with Crippen molar-refractivity contribution in [3.8, 4) is 11.3 Å². The van der Waals surface area contributed by atoms with Crippen molar-refractivity contribution in [3.05, 3.63) is 31.0 Å². The molecule has 1 atom stereocenters. The Morgan fingerprint density at radius 2 is 2.33 bits per heavy atom. The highest BCUT2D eigenvalue weighted by Gasteiger charge is 2.18. The summed E-state index contributed by atoms with van der Waals surface area (Å²) < 4.78 is 5.08. The zero-order chi connectivity index (χ0) is 12.4. The molecular weight excluding hydrogens is 228 g/mol.